The van der Waals surface area contributed by atoms with Crippen molar-refractivity contribution in [2.75, 3.05) is 7.11 Å². The van der Waals surface area contributed by atoms with Crippen LogP contribution in [0.25, 0.3) is 23.1 Å². The fourth-order valence-electron chi connectivity index (χ4n) is 6.71. The lowest BCUT2D eigenvalue weighted by Gasteiger charge is -2.10. The van der Waals surface area contributed by atoms with Crippen LogP contribution >= 0.6 is 0 Å². The van der Waals surface area contributed by atoms with Crippen LogP contribution in [0, 0.1) is 0 Å². The number of benzene rings is 2. The van der Waals surface area contributed by atoms with Crippen LogP contribution in [0.5, 0.6) is 17.2 Å². The van der Waals surface area contributed by atoms with Crippen molar-refractivity contribution in [2.24, 2.45) is 0 Å². The van der Waals surface area contributed by atoms with Gasteiger partial charge in [0.05, 0.1) is 18.9 Å². The zero-order chi connectivity index (χ0) is 49.4. The first-order valence-corrected chi connectivity index (χ1v) is 24.6. The van der Waals surface area contributed by atoms with Crippen molar-refractivity contribution in [2.45, 2.75) is 123 Å². The molecule has 8 heteroatoms. The molecule has 8 nitrogen and oxygen atoms in total. The number of hydrogen-bond acceptors (Lipinski definition) is 8. The maximum absolute atomic E-state index is 12.7. The van der Waals surface area contributed by atoms with Crippen LogP contribution in [-0.4, -0.2) is 29.9 Å². The molecule has 0 spiro atoms. The van der Waals surface area contributed by atoms with Crippen molar-refractivity contribution < 1.29 is 38.4 Å². The summed E-state index contributed by atoms with van der Waals surface area (Å²) in [7, 11) is 1.48. The van der Waals surface area contributed by atoms with Gasteiger partial charge in [-0.2, -0.15) is 0 Å². The highest BCUT2D eigenvalue weighted by Gasteiger charge is 2.16. The van der Waals surface area contributed by atoms with E-state index in [1.807, 2.05) is 0 Å². The third-order valence-electron chi connectivity index (χ3n) is 10.4. The molecular formula is C61H74O8. The Morgan fingerprint density at radius 1 is 0.551 bits per heavy atom. The van der Waals surface area contributed by atoms with Gasteiger partial charge in [0, 0.05) is 12.8 Å². The molecule has 1 N–H and O–H groups in total. The first kappa shape index (κ1) is 56.6. The molecule has 0 saturated heterocycles. The predicted octanol–water partition coefficient (Wildman–Crippen LogP) is 16.4. The molecule has 0 radical (unpaired) electrons. The van der Waals surface area contributed by atoms with Gasteiger partial charge in [-0.1, -0.05) is 160 Å². The van der Waals surface area contributed by atoms with E-state index in [1.54, 1.807) is 48.6 Å². The second-order valence-corrected chi connectivity index (χ2v) is 16.1. The van der Waals surface area contributed by atoms with Gasteiger partial charge in [0.25, 0.3) is 0 Å². The van der Waals surface area contributed by atoms with Crippen LogP contribution in [0.15, 0.2) is 174 Å². The fourth-order valence-corrected chi connectivity index (χ4v) is 6.71. The summed E-state index contributed by atoms with van der Waals surface area (Å²) >= 11 is 0. The van der Waals surface area contributed by atoms with Crippen LogP contribution in [0.2, 0.25) is 0 Å². The maximum Gasteiger partial charge on any atom is 0.311 e. The Hall–Kier alpha value is -6.77. The fraction of sp³-hybridized carbons (Fsp3) is 0.328. The summed E-state index contributed by atoms with van der Waals surface area (Å²) in [4.78, 5) is 42.7. The molecule has 3 rings (SSSR count). The molecule has 3 aromatic rings. The third kappa shape index (κ3) is 25.8. The molecule has 0 unspecified atom stereocenters. The van der Waals surface area contributed by atoms with Crippen LogP contribution in [0.3, 0.4) is 0 Å². The molecule has 1 aromatic heterocycles. The average molecular weight is 935 g/mol. The van der Waals surface area contributed by atoms with Crippen molar-refractivity contribution in [3.63, 3.8) is 0 Å². The van der Waals surface area contributed by atoms with Crippen LogP contribution < -0.4 is 14.4 Å². The molecule has 1 heterocycles. The SMILES string of the molecule is CC/C=C\C/C=C\C/C=C\C/C=C\C/C=C\CCCC(=O)Oc1ccc(/C=C/C(=O)CC(=O)/C=C/c2ccc3oc(CCC/C=C\C/C=C\C/C=C\C/C=C\C/C=C\CC)c(OO)c3c2)cc1OC. The highest BCUT2D eigenvalue weighted by Crippen LogP contribution is 2.35. The van der Waals surface area contributed by atoms with Crippen LogP contribution in [-0.2, 0) is 20.8 Å². The minimum absolute atomic E-state index is 0.256. The largest absolute Gasteiger partial charge is 0.493 e. The topological polar surface area (TPSA) is 112 Å². The predicted molar refractivity (Wildman–Crippen MR) is 287 cm³/mol. The average Bonchev–Trinajstić information content (AvgIpc) is 3.71. The Morgan fingerprint density at radius 3 is 1.48 bits per heavy atom. The summed E-state index contributed by atoms with van der Waals surface area (Å²) in [6, 6.07) is 10.3. The second-order valence-electron chi connectivity index (χ2n) is 16.1. The second kappa shape index (κ2) is 37.2. The van der Waals surface area contributed by atoms with Crippen molar-refractivity contribution in [3.05, 3.63) is 187 Å². The Balaban J connectivity index is 1.36. The molecule has 0 aliphatic rings. The molecule has 0 fully saturated rings. The van der Waals surface area contributed by atoms with Crippen LogP contribution in [0.1, 0.15) is 133 Å². The summed E-state index contributed by atoms with van der Waals surface area (Å²) < 4.78 is 17.0. The molecular weight excluding hydrogens is 861 g/mol. The maximum atomic E-state index is 12.7. The van der Waals surface area contributed by atoms with Crippen molar-refractivity contribution in [1.29, 1.82) is 0 Å². The number of methoxy groups -OCH3 is 1. The third-order valence-corrected chi connectivity index (χ3v) is 10.4. The summed E-state index contributed by atoms with van der Waals surface area (Å²) in [5.74, 6) is 0.354. The lowest BCUT2D eigenvalue weighted by molar-refractivity contribution is -0.137. The lowest BCUT2D eigenvalue weighted by atomic mass is 10.1. The minimum Gasteiger partial charge on any atom is -0.493 e. The number of furan rings is 1. The van der Waals surface area contributed by atoms with Crippen molar-refractivity contribution in [3.8, 4) is 17.2 Å². The Morgan fingerprint density at radius 2 is 1.00 bits per heavy atom. The van der Waals surface area contributed by atoms with E-state index in [4.69, 9.17) is 18.8 Å². The monoisotopic (exact) mass is 935 g/mol. The smallest absolute Gasteiger partial charge is 0.311 e. The molecule has 69 heavy (non-hydrogen) atoms. The number of carbonyl (C=O) groups is 3. The number of ether oxygens (including phenoxy) is 2. The minimum atomic E-state index is -0.373. The van der Waals surface area contributed by atoms with Gasteiger partial charge < -0.3 is 18.8 Å². The van der Waals surface area contributed by atoms with E-state index in [0.29, 0.717) is 52.2 Å². The number of carbonyl (C=O) groups excluding carboxylic acids is 3. The summed E-state index contributed by atoms with van der Waals surface area (Å²) in [5.41, 5.74) is 1.88. The Labute approximate surface area is 411 Å². The first-order valence-electron chi connectivity index (χ1n) is 24.6. The number of aryl methyl sites for hydroxylation is 1. The molecule has 2 aromatic carbocycles. The number of hydrogen-bond donors (Lipinski definition) is 1. The quantitative estimate of drug-likeness (QED) is 0.00907. The highest BCUT2D eigenvalue weighted by molar-refractivity contribution is 6.11. The van der Waals surface area contributed by atoms with Crippen LogP contribution in [0.4, 0.5) is 0 Å². The Kier molecular flexibility index (Phi) is 30.5. The van der Waals surface area contributed by atoms with Crippen molar-refractivity contribution in [1.82, 2.24) is 0 Å². The Bertz CT molecular complexity index is 2350. The van der Waals surface area contributed by atoms with E-state index in [-0.39, 0.29) is 36.1 Å². The zero-order valence-corrected chi connectivity index (χ0v) is 41.1. The lowest BCUT2D eigenvalue weighted by Crippen LogP contribution is -2.08. The first-order chi connectivity index (χ1) is 33.9. The number of allylic oxidation sites excluding steroid dienone is 22. The normalized spacial score (nSPS) is 12.8. The summed E-state index contributed by atoms with van der Waals surface area (Å²) in [5, 5.41) is 10.3. The van der Waals surface area contributed by atoms with E-state index in [0.717, 1.165) is 83.5 Å². The van der Waals surface area contributed by atoms with Gasteiger partial charge in [-0.15, -0.1) is 0 Å². The molecule has 0 aliphatic heterocycles. The standard InChI is InChI=1S/C61H74O8/c1-4-6-8-10-12-14-16-18-20-22-24-26-28-30-32-34-36-38-58-61(69-65)55-48-51(42-46-56(55)67-58)40-44-53(62)50-54(63)45-41-52-43-47-57(59(49-52)66-3)68-60(64)39-37-35-33-31-29-27-25-23-21-19-17-15-13-11-9-7-5-2/h6-9,12-15,18-21,24-27,30-33,40-49,65H,4-5,10-11,16-17,22-23,28-29,34-39,50H2,1-3H3/b8-6-,9-7-,14-12-,15-13-,20-18-,21-19-,26-24-,27-25-,32-30-,33-31-,44-40+,45-41+. The van der Waals surface area contributed by atoms with Gasteiger partial charge in [0.1, 0.15) is 5.58 Å². The summed E-state index contributed by atoms with van der Waals surface area (Å²) in [6.45, 7) is 4.28. The van der Waals surface area contributed by atoms with E-state index in [2.05, 4.69) is 135 Å². The number of fused-ring (bicyclic) bond motifs is 1. The highest BCUT2D eigenvalue weighted by atomic mass is 17.1. The van der Waals surface area contributed by atoms with Gasteiger partial charge >= 0.3 is 5.97 Å². The van der Waals surface area contributed by atoms with Gasteiger partial charge in [-0.25, -0.2) is 5.26 Å². The molecule has 0 amide bonds. The number of ketones is 2. The van der Waals surface area contributed by atoms with Gasteiger partial charge in [-0.05, 0) is 137 Å². The molecule has 0 saturated carbocycles. The molecule has 0 atom stereocenters. The summed E-state index contributed by atoms with van der Waals surface area (Å²) in [6.07, 6.45) is 62.5. The van der Waals surface area contributed by atoms with Gasteiger partial charge in [-0.3, -0.25) is 14.4 Å². The van der Waals surface area contributed by atoms with E-state index in [1.165, 1.54) is 19.3 Å². The molecule has 366 valence electrons. The van der Waals surface area contributed by atoms with E-state index >= 15 is 0 Å². The van der Waals surface area contributed by atoms with Crippen molar-refractivity contribution >= 4 is 40.7 Å². The zero-order valence-electron chi connectivity index (χ0n) is 41.1. The molecule has 0 bridgehead atoms. The van der Waals surface area contributed by atoms with Gasteiger partial charge in [0.2, 0.25) is 5.75 Å². The molecule has 0 aliphatic carbocycles. The number of unbranched alkanes of at least 4 members (excludes halogenated alkanes) is 2. The van der Waals surface area contributed by atoms with Gasteiger partial charge in [0.15, 0.2) is 28.8 Å². The van der Waals surface area contributed by atoms with E-state index < -0.39 is 0 Å². The number of esters is 1. The number of rotatable bonds is 35. The van der Waals surface area contributed by atoms with E-state index in [9.17, 15) is 19.6 Å².